The maximum Gasteiger partial charge on any atom is 0.410 e. The van der Waals surface area contributed by atoms with Crippen LogP contribution in [0.1, 0.15) is 27.7 Å². The fourth-order valence-corrected chi connectivity index (χ4v) is 2.50. The molecule has 1 saturated heterocycles. The number of hydrogen-bond acceptors (Lipinski definition) is 4. The highest BCUT2D eigenvalue weighted by Crippen LogP contribution is 2.15. The van der Waals surface area contributed by atoms with Gasteiger partial charge in [-0.25, -0.2) is 4.79 Å². The Hall–Kier alpha value is -1.56. The van der Waals surface area contributed by atoms with Crippen LogP contribution in [-0.4, -0.2) is 63.5 Å². The molecule has 0 aromatic carbocycles. The lowest BCUT2D eigenvalue weighted by Gasteiger charge is -2.40. The van der Waals surface area contributed by atoms with E-state index in [1.807, 2.05) is 42.6 Å². The number of hydrogen-bond donors (Lipinski definition) is 0. The van der Waals surface area contributed by atoms with Crippen molar-refractivity contribution in [2.75, 3.05) is 26.2 Å². The van der Waals surface area contributed by atoms with E-state index in [1.165, 1.54) is 0 Å². The van der Waals surface area contributed by atoms with Crippen molar-refractivity contribution in [3.63, 3.8) is 0 Å². The Balaban J connectivity index is 1.80. The minimum atomic E-state index is -0.436. The molecule has 0 radical (unpaired) electrons. The lowest BCUT2D eigenvalue weighted by Crippen LogP contribution is -2.55. The molecule has 6 nitrogen and oxygen atoms in total. The second kappa shape index (κ2) is 6.47. The Morgan fingerprint density at radius 2 is 2.10 bits per heavy atom. The van der Waals surface area contributed by atoms with Gasteiger partial charge in [0.05, 0.1) is 6.54 Å². The van der Waals surface area contributed by atoms with Crippen LogP contribution in [-0.2, 0) is 11.3 Å². The normalized spacial score (nSPS) is 20.6. The molecule has 0 aliphatic carbocycles. The number of piperazine rings is 1. The maximum atomic E-state index is 12.1. The second-order valence-electron chi connectivity index (χ2n) is 6.59. The molecule has 118 valence electrons. The van der Waals surface area contributed by atoms with Gasteiger partial charge in [0, 0.05) is 44.6 Å². The van der Waals surface area contributed by atoms with E-state index >= 15 is 0 Å². The summed E-state index contributed by atoms with van der Waals surface area (Å²) in [6.45, 7) is 12.1. The summed E-state index contributed by atoms with van der Waals surface area (Å²) in [7, 11) is 0. The molecule has 1 aliphatic heterocycles. The third-order valence-corrected chi connectivity index (χ3v) is 3.54. The molecule has 0 saturated carbocycles. The fraction of sp³-hybridized carbons (Fsp3) is 0.733. The highest BCUT2D eigenvalue weighted by atomic mass is 16.6. The molecule has 0 N–H and O–H groups in total. The molecular weight excluding hydrogens is 268 g/mol. The number of carbonyl (C=O) groups is 1. The molecular formula is C15H26N4O2. The highest BCUT2D eigenvalue weighted by Gasteiger charge is 2.30. The highest BCUT2D eigenvalue weighted by molar-refractivity contribution is 5.68. The van der Waals surface area contributed by atoms with E-state index < -0.39 is 5.60 Å². The first kappa shape index (κ1) is 15.8. The van der Waals surface area contributed by atoms with Gasteiger partial charge in [-0.15, -0.1) is 0 Å². The predicted molar refractivity (Wildman–Crippen MR) is 81.1 cm³/mol. The number of ether oxygens (including phenoxy) is 1. The summed E-state index contributed by atoms with van der Waals surface area (Å²) in [6, 6.07) is 2.11. The van der Waals surface area contributed by atoms with E-state index in [2.05, 4.69) is 16.9 Å². The third-order valence-electron chi connectivity index (χ3n) is 3.54. The minimum absolute atomic E-state index is 0.172. The average Bonchev–Trinajstić information content (AvgIpc) is 2.87. The summed E-state index contributed by atoms with van der Waals surface area (Å²) in [5.74, 6) is 0. The minimum Gasteiger partial charge on any atom is -0.444 e. The Morgan fingerprint density at radius 3 is 2.67 bits per heavy atom. The second-order valence-corrected chi connectivity index (χ2v) is 6.59. The van der Waals surface area contributed by atoms with Crippen molar-refractivity contribution in [3.05, 3.63) is 18.5 Å². The summed E-state index contributed by atoms with van der Waals surface area (Å²) in [4.78, 5) is 16.3. The Bertz CT molecular complexity index is 453. The number of aromatic nitrogens is 2. The van der Waals surface area contributed by atoms with Gasteiger partial charge in [0.15, 0.2) is 0 Å². The van der Waals surface area contributed by atoms with Crippen molar-refractivity contribution < 1.29 is 9.53 Å². The van der Waals surface area contributed by atoms with Crippen LogP contribution in [0, 0.1) is 0 Å². The summed E-state index contributed by atoms with van der Waals surface area (Å²) in [5, 5.41) is 4.21. The molecule has 1 aromatic rings. The van der Waals surface area contributed by atoms with Gasteiger partial charge in [-0.1, -0.05) is 0 Å². The van der Waals surface area contributed by atoms with Crippen LogP contribution in [0.4, 0.5) is 4.79 Å². The summed E-state index contributed by atoms with van der Waals surface area (Å²) in [5.41, 5.74) is -0.436. The first-order valence-electron chi connectivity index (χ1n) is 7.54. The molecule has 21 heavy (non-hydrogen) atoms. The topological polar surface area (TPSA) is 50.6 Å². The van der Waals surface area contributed by atoms with E-state index in [9.17, 15) is 4.79 Å². The first-order chi connectivity index (χ1) is 9.85. The molecule has 0 bridgehead atoms. The van der Waals surface area contributed by atoms with Crippen LogP contribution in [0.3, 0.4) is 0 Å². The van der Waals surface area contributed by atoms with Crippen molar-refractivity contribution in [1.82, 2.24) is 19.6 Å². The first-order valence-corrected chi connectivity index (χ1v) is 7.54. The average molecular weight is 294 g/mol. The SMILES string of the molecule is CC1CN(CCn2cccn2)CCN1C(=O)OC(C)(C)C. The molecule has 1 fully saturated rings. The standard InChI is InChI=1S/C15H26N4O2/c1-13-12-17(8-10-18-7-5-6-16-18)9-11-19(13)14(20)21-15(2,3)4/h5-7,13H,8-12H2,1-4H3. The van der Waals surface area contributed by atoms with Gasteiger partial charge in [-0.3, -0.25) is 9.58 Å². The van der Waals surface area contributed by atoms with Crippen LogP contribution in [0.5, 0.6) is 0 Å². The van der Waals surface area contributed by atoms with Gasteiger partial charge < -0.3 is 9.64 Å². The Labute approximate surface area is 126 Å². The molecule has 1 amide bonds. The van der Waals surface area contributed by atoms with Crippen molar-refractivity contribution in [1.29, 1.82) is 0 Å². The van der Waals surface area contributed by atoms with Crippen LogP contribution >= 0.6 is 0 Å². The van der Waals surface area contributed by atoms with Crippen LogP contribution in [0.2, 0.25) is 0 Å². The van der Waals surface area contributed by atoms with Crippen LogP contribution in [0.25, 0.3) is 0 Å². The zero-order valence-corrected chi connectivity index (χ0v) is 13.5. The lowest BCUT2D eigenvalue weighted by atomic mass is 10.2. The molecule has 0 spiro atoms. The zero-order chi connectivity index (χ0) is 15.5. The van der Waals surface area contributed by atoms with Crippen molar-refractivity contribution in [2.45, 2.75) is 45.9 Å². The van der Waals surface area contributed by atoms with Crippen LogP contribution < -0.4 is 0 Å². The summed E-state index contributed by atoms with van der Waals surface area (Å²) >= 11 is 0. The van der Waals surface area contributed by atoms with Gasteiger partial charge in [0.25, 0.3) is 0 Å². The van der Waals surface area contributed by atoms with Crippen molar-refractivity contribution >= 4 is 6.09 Å². The molecule has 1 atom stereocenters. The van der Waals surface area contributed by atoms with Crippen molar-refractivity contribution in [2.24, 2.45) is 0 Å². The molecule has 1 aliphatic rings. The van der Waals surface area contributed by atoms with E-state index in [1.54, 1.807) is 6.20 Å². The van der Waals surface area contributed by atoms with Gasteiger partial charge in [-0.2, -0.15) is 5.10 Å². The Morgan fingerprint density at radius 1 is 1.33 bits per heavy atom. The number of rotatable bonds is 3. The summed E-state index contributed by atoms with van der Waals surface area (Å²) < 4.78 is 7.39. The number of carbonyl (C=O) groups excluding carboxylic acids is 1. The predicted octanol–water partition coefficient (Wildman–Crippen LogP) is 1.82. The fourth-order valence-electron chi connectivity index (χ4n) is 2.50. The third kappa shape index (κ3) is 4.74. The largest absolute Gasteiger partial charge is 0.444 e. The maximum absolute atomic E-state index is 12.1. The molecule has 2 rings (SSSR count). The Kier molecular flexibility index (Phi) is 4.88. The smallest absolute Gasteiger partial charge is 0.410 e. The number of amides is 1. The van der Waals surface area contributed by atoms with Gasteiger partial charge in [0.2, 0.25) is 0 Å². The summed E-state index contributed by atoms with van der Waals surface area (Å²) in [6.07, 6.45) is 3.56. The van der Waals surface area contributed by atoms with E-state index in [0.717, 1.165) is 32.7 Å². The van der Waals surface area contributed by atoms with E-state index in [4.69, 9.17) is 4.74 Å². The van der Waals surface area contributed by atoms with Gasteiger partial charge in [0.1, 0.15) is 5.60 Å². The zero-order valence-electron chi connectivity index (χ0n) is 13.5. The van der Waals surface area contributed by atoms with Crippen LogP contribution in [0.15, 0.2) is 18.5 Å². The molecule has 1 unspecified atom stereocenters. The lowest BCUT2D eigenvalue weighted by molar-refractivity contribution is 0.00107. The monoisotopic (exact) mass is 294 g/mol. The number of nitrogens with zero attached hydrogens (tertiary/aromatic N) is 4. The van der Waals surface area contributed by atoms with Gasteiger partial charge in [-0.05, 0) is 33.8 Å². The van der Waals surface area contributed by atoms with E-state index in [-0.39, 0.29) is 12.1 Å². The quantitative estimate of drug-likeness (QED) is 0.853. The molecule has 6 heteroatoms. The van der Waals surface area contributed by atoms with Crippen molar-refractivity contribution in [3.8, 4) is 0 Å². The molecule has 1 aromatic heterocycles. The van der Waals surface area contributed by atoms with E-state index in [0.29, 0.717) is 0 Å². The molecule has 2 heterocycles. The van der Waals surface area contributed by atoms with Gasteiger partial charge >= 0.3 is 6.09 Å².